The predicted octanol–water partition coefficient (Wildman–Crippen LogP) is 3.03. The number of hydrogen-bond acceptors (Lipinski definition) is 3. The van der Waals surface area contributed by atoms with E-state index in [0.717, 1.165) is 12.5 Å². The zero-order valence-electron chi connectivity index (χ0n) is 11.2. The number of aromatic nitrogens is 3. The molecule has 0 aliphatic carbocycles. The van der Waals surface area contributed by atoms with E-state index in [1.165, 1.54) is 18.2 Å². The standard InChI is InChI=1S/C13H13F3N4O/c1-2-5-10-18-11(20-19-10)12(21)17-9-7-4-3-6-8(9)13(14,15)16/h3-4,6-7H,2,5H2,1H3,(H,17,21)(H,18,19,20). The minimum Gasteiger partial charge on any atom is -0.319 e. The van der Waals surface area contributed by atoms with Gasteiger partial charge in [-0.3, -0.25) is 9.89 Å². The average Bonchev–Trinajstić information content (AvgIpc) is 2.87. The number of amides is 1. The molecule has 0 unspecified atom stereocenters. The minimum atomic E-state index is -4.55. The summed E-state index contributed by atoms with van der Waals surface area (Å²) in [5.74, 6) is -0.451. The Morgan fingerprint density at radius 1 is 1.33 bits per heavy atom. The molecule has 0 aliphatic heterocycles. The fraction of sp³-hybridized carbons (Fsp3) is 0.308. The first-order valence-corrected chi connectivity index (χ1v) is 6.30. The van der Waals surface area contributed by atoms with Crippen LogP contribution >= 0.6 is 0 Å². The molecule has 21 heavy (non-hydrogen) atoms. The molecule has 0 radical (unpaired) electrons. The Hall–Kier alpha value is -2.38. The topological polar surface area (TPSA) is 70.7 Å². The van der Waals surface area contributed by atoms with Gasteiger partial charge in [-0.05, 0) is 18.6 Å². The summed E-state index contributed by atoms with van der Waals surface area (Å²) in [6.07, 6.45) is -3.12. The third-order valence-corrected chi connectivity index (χ3v) is 2.70. The molecule has 2 N–H and O–H groups in total. The van der Waals surface area contributed by atoms with Gasteiger partial charge in [-0.1, -0.05) is 19.1 Å². The van der Waals surface area contributed by atoms with Crippen molar-refractivity contribution < 1.29 is 18.0 Å². The molecule has 2 aromatic rings. The average molecular weight is 298 g/mol. The third kappa shape index (κ3) is 3.59. The SMILES string of the molecule is CCCc1nc(C(=O)Nc2ccccc2C(F)(F)F)n[nH]1. The smallest absolute Gasteiger partial charge is 0.319 e. The highest BCUT2D eigenvalue weighted by molar-refractivity contribution is 6.02. The summed E-state index contributed by atoms with van der Waals surface area (Å²) < 4.78 is 38.5. The van der Waals surface area contributed by atoms with Gasteiger partial charge in [0, 0.05) is 6.42 Å². The van der Waals surface area contributed by atoms with Crippen molar-refractivity contribution in [3.63, 3.8) is 0 Å². The van der Waals surface area contributed by atoms with Crippen LogP contribution in [0, 0.1) is 0 Å². The Morgan fingerprint density at radius 3 is 2.71 bits per heavy atom. The summed E-state index contributed by atoms with van der Waals surface area (Å²) in [6.45, 7) is 1.93. The number of hydrogen-bond donors (Lipinski definition) is 2. The maximum Gasteiger partial charge on any atom is 0.418 e. The molecule has 112 valence electrons. The van der Waals surface area contributed by atoms with Gasteiger partial charge in [0.15, 0.2) is 0 Å². The molecule has 1 heterocycles. The molecule has 0 saturated carbocycles. The van der Waals surface area contributed by atoms with E-state index in [1.54, 1.807) is 0 Å². The predicted molar refractivity (Wildman–Crippen MR) is 69.8 cm³/mol. The first-order valence-electron chi connectivity index (χ1n) is 6.30. The molecule has 8 heteroatoms. The van der Waals surface area contributed by atoms with E-state index in [1.807, 2.05) is 6.92 Å². The zero-order chi connectivity index (χ0) is 15.5. The summed E-state index contributed by atoms with van der Waals surface area (Å²) >= 11 is 0. The van der Waals surface area contributed by atoms with Crippen LogP contribution in [0.3, 0.4) is 0 Å². The zero-order valence-corrected chi connectivity index (χ0v) is 11.2. The molecule has 0 fully saturated rings. The van der Waals surface area contributed by atoms with Crippen molar-refractivity contribution in [2.24, 2.45) is 0 Å². The first kappa shape index (κ1) is 15.0. The summed E-state index contributed by atoms with van der Waals surface area (Å²) in [4.78, 5) is 15.8. The van der Waals surface area contributed by atoms with Crippen LogP contribution in [0.2, 0.25) is 0 Å². The Labute approximate surface area is 118 Å². The molecule has 0 bridgehead atoms. The van der Waals surface area contributed by atoms with E-state index in [4.69, 9.17) is 0 Å². The number of anilines is 1. The molecule has 0 spiro atoms. The van der Waals surface area contributed by atoms with Gasteiger partial charge in [0.25, 0.3) is 5.91 Å². The van der Waals surface area contributed by atoms with Crippen LogP contribution in [0.15, 0.2) is 24.3 Å². The highest BCUT2D eigenvalue weighted by Crippen LogP contribution is 2.34. The number of nitrogens with zero attached hydrogens (tertiary/aromatic N) is 2. The first-order chi connectivity index (χ1) is 9.91. The van der Waals surface area contributed by atoms with E-state index < -0.39 is 17.6 Å². The van der Waals surface area contributed by atoms with Gasteiger partial charge in [0.2, 0.25) is 5.82 Å². The Morgan fingerprint density at radius 2 is 2.05 bits per heavy atom. The van der Waals surface area contributed by atoms with Gasteiger partial charge in [0.1, 0.15) is 5.82 Å². The van der Waals surface area contributed by atoms with Crippen molar-refractivity contribution in [1.82, 2.24) is 15.2 Å². The molecule has 1 aromatic carbocycles. The maximum absolute atomic E-state index is 12.8. The van der Waals surface area contributed by atoms with Gasteiger partial charge in [-0.25, -0.2) is 4.98 Å². The second kappa shape index (κ2) is 5.94. The van der Waals surface area contributed by atoms with Crippen molar-refractivity contribution in [2.45, 2.75) is 25.9 Å². The number of carbonyl (C=O) groups excluding carboxylic acids is 1. The molecule has 0 aliphatic rings. The lowest BCUT2D eigenvalue weighted by molar-refractivity contribution is -0.136. The number of halogens is 3. The highest BCUT2D eigenvalue weighted by Gasteiger charge is 2.33. The lowest BCUT2D eigenvalue weighted by Gasteiger charge is -2.12. The van der Waals surface area contributed by atoms with Crippen LogP contribution in [-0.2, 0) is 12.6 Å². The molecular formula is C13H13F3N4O. The Balaban J connectivity index is 2.19. The van der Waals surface area contributed by atoms with Crippen molar-refractivity contribution in [3.05, 3.63) is 41.5 Å². The largest absolute Gasteiger partial charge is 0.418 e. The molecule has 1 aromatic heterocycles. The quantitative estimate of drug-likeness (QED) is 0.911. The van der Waals surface area contributed by atoms with Gasteiger partial charge in [-0.15, -0.1) is 5.10 Å². The molecule has 1 amide bonds. The van der Waals surface area contributed by atoms with Crippen LogP contribution in [0.4, 0.5) is 18.9 Å². The van der Waals surface area contributed by atoms with E-state index >= 15 is 0 Å². The number of para-hydroxylation sites is 1. The van der Waals surface area contributed by atoms with Crippen molar-refractivity contribution in [3.8, 4) is 0 Å². The van der Waals surface area contributed by atoms with Crippen LogP contribution in [0.1, 0.15) is 35.4 Å². The molecule has 0 atom stereocenters. The summed E-state index contributed by atoms with van der Waals surface area (Å²) in [7, 11) is 0. The number of benzene rings is 1. The number of H-pyrrole nitrogens is 1. The second-order valence-corrected chi connectivity index (χ2v) is 4.35. The fourth-order valence-corrected chi connectivity index (χ4v) is 1.76. The van der Waals surface area contributed by atoms with Gasteiger partial charge >= 0.3 is 6.18 Å². The lowest BCUT2D eigenvalue weighted by atomic mass is 10.1. The van der Waals surface area contributed by atoms with Crippen LogP contribution in [0.25, 0.3) is 0 Å². The number of rotatable bonds is 4. The normalized spacial score (nSPS) is 11.4. The maximum atomic E-state index is 12.8. The van der Waals surface area contributed by atoms with E-state index in [2.05, 4.69) is 20.5 Å². The van der Waals surface area contributed by atoms with Crippen molar-refractivity contribution >= 4 is 11.6 Å². The van der Waals surface area contributed by atoms with Crippen LogP contribution in [0.5, 0.6) is 0 Å². The number of nitrogens with one attached hydrogen (secondary N) is 2. The number of aryl methyl sites for hydroxylation is 1. The Kier molecular flexibility index (Phi) is 4.25. The van der Waals surface area contributed by atoms with Crippen molar-refractivity contribution in [2.75, 3.05) is 5.32 Å². The van der Waals surface area contributed by atoms with E-state index in [0.29, 0.717) is 12.2 Å². The van der Waals surface area contributed by atoms with E-state index in [-0.39, 0.29) is 11.5 Å². The molecule has 5 nitrogen and oxygen atoms in total. The van der Waals surface area contributed by atoms with Crippen molar-refractivity contribution in [1.29, 1.82) is 0 Å². The van der Waals surface area contributed by atoms with Crippen LogP contribution in [-0.4, -0.2) is 21.1 Å². The molecular weight excluding hydrogens is 285 g/mol. The van der Waals surface area contributed by atoms with Crippen LogP contribution < -0.4 is 5.32 Å². The molecule has 2 rings (SSSR count). The lowest BCUT2D eigenvalue weighted by Crippen LogP contribution is -2.17. The highest BCUT2D eigenvalue weighted by atomic mass is 19.4. The minimum absolute atomic E-state index is 0.185. The molecule has 0 saturated heterocycles. The summed E-state index contributed by atoms with van der Waals surface area (Å²) in [6, 6.07) is 4.74. The number of carbonyl (C=O) groups is 1. The Bertz CT molecular complexity index is 636. The number of alkyl halides is 3. The summed E-state index contributed by atoms with van der Waals surface area (Å²) in [5.41, 5.74) is -1.24. The number of aromatic amines is 1. The third-order valence-electron chi connectivity index (χ3n) is 2.70. The van der Waals surface area contributed by atoms with Gasteiger partial charge in [0.05, 0.1) is 11.3 Å². The fourth-order valence-electron chi connectivity index (χ4n) is 1.76. The van der Waals surface area contributed by atoms with Gasteiger partial charge < -0.3 is 5.32 Å². The second-order valence-electron chi connectivity index (χ2n) is 4.35. The summed E-state index contributed by atoms with van der Waals surface area (Å²) in [5, 5.41) is 8.45. The van der Waals surface area contributed by atoms with Gasteiger partial charge in [-0.2, -0.15) is 13.2 Å². The van der Waals surface area contributed by atoms with E-state index in [9.17, 15) is 18.0 Å². The monoisotopic (exact) mass is 298 g/mol.